The van der Waals surface area contributed by atoms with E-state index in [1.165, 1.54) is 11.3 Å². The first-order valence-electron chi connectivity index (χ1n) is 5.14. The van der Waals surface area contributed by atoms with E-state index in [0.29, 0.717) is 4.21 Å². The summed E-state index contributed by atoms with van der Waals surface area (Å²) < 4.78 is 27.5. The highest BCUT2D eigenvalue weighted by Gasteiger charge is 2.39. The van der Waals surface area contributed by atoms with Crippen LogP contribution >= 0.6 is 11.3 Å². The molecule has 0 spiro atoms. The third-order valence-electron chi connectivity index (χ3n) is 3.02. The van der Waals surface area contributed by atoms with E-state index in [0.717, 1.165) is 0 Å². The van der Waals surface area contributed by atoms with Gasteiger partial charge in [0.05, 0.1) is 0 Å². The van der Waals surface area contributed by atoms with Crippen molar-refractivity contribution in [3.8, 4) is 0 Å². The minimum absolute atomic E-state index is 0.00265. The lowest BCUT2D eigenvalue weighted by Gasteiger charge is -2.36. The van der Waals surface area contributed by atoms with Crippen LogP contribution in [0.2, 0.25) is 18.1 Å². The molecule has 0 amide bonds. The summed E-state index contributed by atoms with van der Waals surface area (Å²) in [6, 6.07) is 3.39. The number of nitrogens with one attached hydrogen (secondary N) is 1. The van der Waals surface area contributed by atoms with Gasteiger partial charge in [0.25, 0.3) is 0 Å². The zero-order chi connectivity index (χ0) is 12.6. The van der Waals surface area contributed by atoms with E-state index in [2.05, 4.69) is 25.2 Å². The minimum atomic E-state index is -3.33. The van der Waals surface area contributed by atoms with Gasteiger partial charge in [-0.1, -0.05) is 39.9 Å². The topological polar surface area (TPSA) is 46.2 Å². The van der Waals surface area contributed by atoms with Crippen LogP contribution in [0.1, 0.15) is 20.8 Å². The van der Waals surface area contributed by atoms with Crippen LogP contribution in [0.25, 0.3) is 0 Å². The van der Waals surface area contributed by atoms with Gasteiger partial charge in [-0.25, -0.2) is 12.8 Å². The van der Waals surface area contributed by atoms with E-state index >= 15 is 0 Å². The van der Waals surface area contributed by atoms with E-state index in [1.54, 1.807) is 17.5 Å². The largest absolute Gasteiger partial charge is 0.244 e. The minimum Gasteiger partial charge on any atom is -0.232 e. The lowest BCUT2D eigenvalue weighted by atomic mass is 10.2. The summed E-state index contributed by atoms with van der Waals surface area (Å²) in [6.45, 7) is 10.3. The van der Waals surface area contributed by atoms with E-state index in [-0.39, 0.29) is 5.04 Å². The second-order valence-electron chi connectivity index (χ2n) is 5.41. The average Bonchev–Trinajstić information content (AvgIpc) is 2.50. The summed E-state index contributed by atoms with van der Waals surface area (Å²) >= 11 is 1.25. The molecule has 0 saturated heterocycles. The van der Waals surface area contributed by atoms with Crippen molar-refractivity contribution in [2.75, 3.05) is 0 Å². The lowest BCUT2D eigenvalue weighted by molar-refractivity contribution is 0.591. The van der Waals surface area contributed by atoms with Gasteiger partial charge in [0.2, 0.25) is 10.0 Å². The van der Waals surface area contributed by atoms with E-state index in [9.17, 15) is 8.42 Å². The fraction of sp³-hybridized carbons (Fsp3) is 0.600. The molecule has 0 aliphatic carbocycles. The number of hydrogen-bond acceptors (Lipinski definition) is 3. The molecule has 0 unspecified atom stereocenters. The van der Waals surface area contributed by atoms with Gasteiger partial charge in [-0.15, -0.1) is 11.3 Å². The molecule has 16 heavy (non-hydrogen) atoms. The average molecular weight is 277 g/mol. The maximum absolute atomic E-state index is 12.1. The molecule has 0 fully saturated rings. The molecule has 0 aromatic carbocycles. The van der Waals surface area contributed by atoms with Crippen molar-refractivity contribution >= 4 is 29.6 Å². The monoisotopic (exact) mass is 277 g/mol. The Bertz CT molecular complexity index is 444. The van der Waals surface area contributed by atoms with Gasteiger partial charge >= 0.3 is 0 Å². The van der Waals surface area contributed by atoms with E-state index in [1.807, 2.05) is 13.1 Å². The van der Waals surface area contributed by atoms with Gasteiger partial charge < -0.3 is 0 Å². The Labute approximate surface area is 103 Å². The Morgan fingerprint density at radius 1 is 1.31 bits per heavy atom. The molecular formula is C10H19NO2S2Si. The molecule has 0 atom stereocenters. The molecule has 0 saturated carbocycles. The summed E-state index contributed by atoms with van der Waals surface area (Å²) in [5.41, 5.74) is 0. The number of sulfonamides is 1. The van der Waals surface area contributed by atoms with Crippen LogP contribution in [0, 0.1) is 0 Å². The molecule has 92 valence electrons. The molecule has 0 aliphatic heterocycles. The highest BCUT2D eigenvalue weighted by molar-refractivity contribution is 7.93. The van der Waals surface area contributed by atoms with Crippen LogP contribution in [0.15, 0.2) is 21.7 Å². The zero-order valence-corrected chi connectivity index (χ0v) is 13.0. The standard InChI is InChI=1S/C10H19NO2S2Si/c1-10(2,3)16(4,5)11-15(12,13)9-7-6-8-14-9/h6-8,11H,1-5H3. The van der Waals surface area contributed by atoms with Gasteiger partial charge in [-0.3, -0.25) is 0 Å². The second kappa shape index (κ2) is 4.25. The fourth-order valence-corrected chi connectivity index (χ4v) is 7.02. The smallest absolute Gasteiger partial charge is 0.232 e. The third-order valence-corrected chi connectivity index (χ3v) is 12.2. The Morgan fingerprint density at radius 3 is 2.25 bits per heavy atom. The van der Waals surface area contributed by atoms with Crippen LogP contribution in [0.4, 0.5) is 0 Å². The summed E-state index contributed by atoms with van der Waals surface area (Å²) in [5, 5.41) is 1.78. The summed E-state index contributed by atoms with van der Waals surface area (Å²) in [5.74, 6) is 0. The van der Waals surface area contributed by atoms with Gasteiger partial charge in [0.15, 0.2) is 0 Å². The van der Waals surface area contributed by atoms with Crippen molar-refractivity contribution < 1.29 is 8.42 Å². The fourth-order valence-electron chi connectivity index (χ4n) is 0.956. The molecule has 3 nitrogen and oxygen atoms in total. The predicted molar refractivity (Wildman–Crippen MR) is 71.8 cm³/mol. The molecule has 1 N–H and O–H groups in total. The molecule has 0 radical (unpaired) electrons. The van der Waals surface area contributed by atoms with Crippen molar-refractivity contribution in [3.05, 3.63) is 17.5 Å². The summed E-state index contributed by atoms with van der Waals surface area (Å²) in [4.78, 5) is 0. The SMILES string of the molecule is CC(C)(C)[Si](C)(C)NS(=O)(=O)c1cccs1. The number of rotatable bonds is 3. The maximum Gasteiger partial charge on any atom is 0.244 e. The Morgan fingerprint density at radius 2 is 1.88 bits per heavy atom. The van der Waals surface area contributed by atoms with Crippen molar-refractivity contribution in [2.45, 2.75) is 43.1 Å². The highest BCUT2D eigenvalue weighted by atomic mass is 32.2. The Hall–Kier alpha value is -0.173. The normalized spacial score (nSPS) is 14.1. The summed E-state index contributed by atoms with van der Waals surface area (Å²) in [6.07, 6.45) is 0. The van der Waals surface area contributed by atoms with Gasteiger partial charge in [0, 0.05) is 0 Å². The van der Waals surface area contributed by atoms with Gasteiger partial charge in [-0.2, -0.15) is 0 Å². The molecule has 1 heterocycles. The van der Waals surface area contributed by atoms with Gasteiger partial charge in [-0.05, 0) is 16.5 Å². The lowest BCUT2D eigenvalue weighted by Crippen LogP contribution is -2.54. The molecule has 0 aliphatic rings. The van der Waals surface area contributed by atoms with Crippen LogP contribution in [-0.4, -0.2) is 16.7 Å². The van der Waals surface area contributed by atoms with Crippen molar-refractivity contribution in [1.29, 1.82) is 0 Å². The number of thiophene rings is 1. The maximum atomic E-state index is 12.1. The molecular weight excluding hydrogens is 258 g/mol. The quantitative estimate of drug-likeness (QED) is 0.863. The molecule has 0 bridgehead atoms. The summed E-state index contributed by atoms with van der Waals surface area (Å²) in [7, 11) is -5.36. The third kappa shape index (κ3) is 2.94. The van der Waals surface area contributed by atoms with Crippen molar-refractivity contribution in [1.82, 2.24) is 4.39 Å². The van der Waals surface area contributed by atoms with Crippen LogP contribution in [-0.2, 0) is 10.0 Å². The highest BCUT2D eigenvalue weighted by Crippen LogP contribution is 2.35. The van der Waals surface area contributed by atoms with Crippen LogP contribution < -0.4 is 4.39 Å². The Balaban J connectivity index is 2.99. The predicted octanol–water partition coefficient (Wildman–Crippen LogP) is 3.03. The second-order valence-corrected chi connectivity index (χ2v) is 13.6. The first-order valence-corrected chi connectivity index (χ1v) is 10.5. The van der Waals surface area contributed by atoms with Crippen molar-refractivity contribution in [3.63, 3.8) is 0 Å². The first kappa shape index (κ1) is 13.9. The number of hydrogen-bond donors (Lipinski definition) is 1. The van der Waals surface area contributed by atoms with Gasteiger partial charge in [0.1, 0.15) is 12.4 Å². The van der Waals surface area contributed by atoms with Crippen LogP contribution in [0.5, 0.6) is 0 Å². The molecule has 1 rings (SSSR count). The zero-order valence-electron chi connectivity index (χ0n) is 10.4. The molecule has 1 aromatic heterocycles. The van der Waals surface area contributed by atoms with Crippen LogP contribution in [0.3, 0.4) is 0 Å². The van der Waals surface area contributed by atoms with E-state index < -0.39 is 18.3 Å². The van der Waals surface area contributed by atoms with Crippen molar-refractivity contribution in [2.24, 2.45) is 0 Å². The molecule has 6 heteroatoms. The first-order chi connectivity index (χ1) is 7.06. The van der Waals surface area contributed by atoms with E-state index in [4.69, 9.17) is 0 Å². The Kier molecular flexibility index (Phi) is 3.69. The molecule has 1 aromatic rings.